The first-order chi connectivity index (χ1) is 8.24. The van der Waals surface area contributed by atoms with E-state index in [9.17, 15) is 5.11 Å². The van der Waals surface area contributed by atoms with Crippen LogP contribution in [0.2, 0.25) is 0 Å². The van der Waals surface area contributed by atoms with Gasteiger partial charge in [-0.2, -0.15) is 0 Å². The molecular formula is C13H17NOS2. The van der Waals surface area contributed by atoms with E-state index in [-0.39, 0.29) is 6.10 Å². The van der Waals surface area contributed by atoms with Crippen LogP contribution in [0.4, 0.5) is 0 Å². The van der Waals surface area contributed by atoms with Crippen molar-refractivity contribution in [1.82, 2.24) is 4.98 Å². The van der Waals surface area contributed by atoms with Crippen LogP contribution in [0.15, 0.2) is 22.9 Å². The summed E-state index contributed by atoms with van der Waals surface area (Å²) in [4.78, 5) is 5.77. The molecule has 2 aromatic heterocycles. The van der Waals surface area contributed by atoms with Gasteiger partial charge in [0.2, 0.25) is 0 Å². The molecule has 0 bridgehead atoms. The molecule has 1 unspecified atom stereocenters. The van der Waals surface area contributed by atoms with Crippen LogP contribution in [-0.4, -0.2) is 16.2 Å². The Bertz CT molecular complexity index is 436. The molecule has 2 nitrogen and oxygen atoms in total. The zero-order valence-corrected chi connectivity index (χ0v) is 11.6. The Balaban J connectivity index is 1.69. The lowest BCUT2D eigenvalue weighted by Gasteiger charge is -2.07. The fourth-order valence-electron chi connectivity index (χ4n) is 1.81. The highest BCUT2D eigenvalue weighted by molar-refractivity contribution is 7.10. The molecule has 0 aliphatic rings. The third kappa shape index (κ3) is 4.22. The van der Waals surface area contributed by atoms with Gasteiger partial charge in [-0.15, -0.1) is 22.7 Å². The molecule has 0 radical (unpaired) electrons. The summed E-state index contributed by atoms with van der Waals surface area (Å²) in [5, 5.41) is 15.1. The van der Waals surface area contributed by atoms with Crippen LogP contribution in [0.3, 0.4) is 0 Å². The van der Waals surface area contributed by atoms with Crippen LogP contribution in [0.1, 0.15) is 28.4 Å². The van der Waals surface area contributed by atoms with Crippen molar-refractivity contribution in [3.63, 3.8) is 0 Å². The van der Waals surface area contributed by atoms with E-state index in [2.05, 4.69) is 22.5 Å². The molecule has 0 saturated carbocycles. The maximum Gasteiger partial charge on any atom is 0.0897 e. The van der Waals surface area contributed by atoms with Crippen molar-refractivity contribution in [3.05, 3.63) is 38.5 Å². The predicted molar refractivity (Wildman–Crippen MR) is 73.8 cm³/mol. The van der Waals surface area contributed by atoms with Crippen molar-refractivity contribution in [1.29, 1.82) is 0 Å². The third-order valence-electron chi connectivity index (χ3n) is 2.65. The van der Waals surface area contributed by atoms with E-state index in [1.807, 2.05) is 12.3 Å². The van der Waals surface area contributed by atoms with Crippen molar-refractivity contribution >= 4 is 22.7 Å². The van der Waals surface area contributed by atoms with E-state index in [1.54, 1.807) is 22.7 Å². The number of aromatic nitrogens is 1. The second-order valence-electron chi connectivity index (χ2n) is 4.19. The number of nitrogens with zero attached hydrogens (tertiary/aromatic N) is 1. The number of aliphatic hydroxyl groups is 1. The Morgan fingerprint density at radius 2 is 2.29 bits per heavy atom. The van der Waals surface area contributed by atoms with Crippen LogP contribution in [0.25, 0.3) is 0 Å². The number of rotatable bonds is 6. The lowest BCUT2D eigenvalue weighted by atomic mass is 10.1. The second-order valence-corrected chi connectivity index (χ2v) is 6.28. The van der Waals surface area contributed by atoms with E-state index in [0.717, 1.165) is 30.0 Å². The standard InChI is InChI=1S/C13H17NOS2/c1-10-14-11(9-17-10)8-12(15)4-2-5-13-6-3-7-16-13/h3,6-7,9,12,15H,2,4-5,8H2,1H3. The SMILES string of the molecule is Cc1nc(CC(O)CCCc2cccs2)cs1. The zero-order chi connectivity index (χ0) is 12.1. The average molecular weight is 267 g/mol. The van der Waals surface area contributed by atoms with Gasteiger partial charge >= 0.3 is 0 Å². The highest BCUT2D eigenvalue weighted by Gasteiger charge is 2.08. The molecule has 0 amide bonds. The largest absolute Gasteiger partial charge is 0.393 e. The summed E-state index contributed by atoms with van der Waals surface area (Å²) in [6.45, 7) is 2.00. The highest BCUT2D eigenvalue weighted by Crippen LogP contribution is 2.15. The number of aryl methyl sites for hydroxylation is 2. The van der Waals surface area contributed by atoms with Gasteiger partial charge in [-0.3, -0.25) is 0 Å². The number of thiazole rings is 1. The highest BCUT2D eigenvalue weighted by atomic mass is 32.1. The lowest BCUT2D eigenvalue weighted by Crippen LogP contribution is -2.10. The summed E-state index contributed by atoms with van der Waals surface area (Å²) in [6, 6.07) is 4.23. The summed E-state index contributed by atoms with van der Waals surface area (Å²) in [5.41, 5.74) is 1.02. The van der Waals surface area contributed by atoms with Gasteiger partial charge in [0.15, 0.2) is 0 Å². The fraction of sp³-hybridized carbons (Fsp3) is 0.462. The molecule has 0 fully saturated rings. The molecule has 0 spiro atoms. The summed E-state index contributed by atoms with van der Waals surface area (Å²) in [5.74, 6) is 0. The molecule has 0 aromatic carbocycles. The van der Waals surface area contributed by atoms with E-state index >= 15 is 0 Å². The summed E-state index contributed by atoms with van der Waals surface area (Å²) < 4.78 is 0. The Kier molecular flexibility index (Phi) is 4.71. The monoisotopic (exact) mass is 267 g/mol. The van der Waals surface area contributed by atoms with Gasteiger partial charge in [-0.25, -0.2) is 4.98 Å². The minimum atomic E-state index is -0.253. The quantitative estimate of drug-likeness (QED) is 0.869. The normalized spacial score (nSPS) is 12.8. The van der Waals surface area contributed by atoms with Crippen molar-refractivity contribution in [2.75, 3.05) is 0 Å². The van der Waals surface area contributed by atoms with Crippen molar-refractivity contribution in [3.8, 4) is 0 Å². The number of hydrogen-bond acceptors (Lipinski definition) is 4. The molecule has 0 aliphatic heterocycles. The van der Waals surface area contributed by atoms with E-state index < -0.39 is 0 Å². The molecule has 0 saturated heterocycles. The third-order valence-corrected chi connectivity index (χ3v) is 4.41. The lowest BCUT2D eigenvalue weighted by molar-refractivity contribution is 0.161. The molecule has 1 atom stereocenters. The van der Waals surface area contributed by atoms with E-state index in [4.69, 9.17) is 0 Å². The predicted octanol–water partition coefficient (Wildman–Crippen LogP) is 3.44. The zero-order valence-electron chi connectivity index (χ0n) is 9.93. The van der Waals surface area contributed by atoms with Gasteiger partial charge in [0.25, 0.3) is 0 Å². The Labute approximate surface area is 110 Å². The molecular weight excluding hydrogens is 250 g/mol. The number of hydrogen-bond donors (Lipinski definition) is 1. The van der Waals surface area contributed by atoms with Crippen LogP contribution < -0.4 is 0 Å². The van der Waals surface area contributed by atoms with Crippen LogP contribution in [-0.2, 0) is 12.8 Å². The molecule has 17 heavy (non-hydrogen) atoms. The van der Waals surface area contributed by atoms with Crippen LogP contribution in [0, 0.1) is 6.92 Å². The first kappa shape index (κ1) is 12.7. The Morgan fingerprint density at radius 3 is 2.94 bits per heavy atom. The smallest absolute Gasteiger partial charge is 0.0897 e. The molecule has 92 valence electrons. The topological polar surface area (TPSA) is 33.1 Å². The van der Waals surface area contributed by atoms with Crippen molar-refractivity contribution < 1.29 is 5.11 Å². The number of aliphatic hydroxyl groups excluding tert-OH is 1. The summed E-state index contributed by atoms with van der Waals surface area (Å²) in [6.07, 6.45) is 3.41. The Morgan fingerprint density at radius 1 is 1.41 bits per heavy atom. The maximum absolute atomic E-state index is 9.91. The first-order valence-corrected chi connectivity index (χ1v) is 7.61. The van der Waals surface area contributed by atoms with Gasteiger partial charge in [0.05, 0.1) is 16.8 Å². The molecule has 0 aliphatic carbocycles. The summed E-state index contributed by atoms with van der Waals surface area (Å²) >= 11 is 3.44. The van der Waals surface area contributed by atoms with Gasteiger partial charge in [0, 0.05) is 16.7 Å². The van der Waals surface area contributed by atoms with Crippen LogP contribution >= 0.6 is 22.7 Å². The van der Waals surface area contributed by atoms with Gasteiger partial charge in [-0.05, 0) is 37.6 Å². The molecule has 4 heteroatoms. The van der Waals surface area contributed by atoms with E-state index in [0.29, 0.717) is 6.42 Å². The maximum atomic E-state index is 9.91. The van der Waals surface area contributed by atoms with Crippen molar-refractivity contribution in [2.45, 2.75) is 38.7 Å². The first-order valence-electron chi connectivity index (χ1n) is 5.85. The van der Waals surface area contributed by atoms with Gasteiger partial charge in [0.1, 0.15) is 0 Å². The van der Waals surface area contributed by atoms with Crippen molar-refractivity contribution in [2.24, 2.45) is 0 Å². The molecule has 2 heterocycles. The van der Waals surface area contributed by atoms with Gasteiger partial charge in [-0.1, -0.05) is 6.07 Å². The summed E-state index contributed by atoms with van der Waals surface area (Å²) in [7, 11) is 0. The molecule has 2 rings (SSSR count). The minimum Gasteiger partial charge on any atom is -0.393 e. The Hall–Kier alpha value is -0.710. The molecule has 2 aromatic rings. The molecule has 1 N–H and O–H groups in total. The second kappa shape index (κ2) is 6.28. The van der Waals surface area contributed by atoms with E-state index in [1.165, 1.54) is 4.88 Å². The minimum absolute atomic E-state index is 0.253. The van der Waals surface area contributed by atoms with Crippen LogP contribution in [0.5, 0.6) is 0 Å². The van der Waals surface area contributed by atoms with Gasteiger partial charge < -0.3 is 5.11 Å². The number of thiophene rings is 1. The average Bonchev–Trinajstić information content (AvgIpc) is 2.90. The fourth-order valence-corrected chi connectivity index (χ4v) is 3.19.